The van der Waals surface area contributed by atoms with E-state index >= 15 is 0 Å². The summed E-state index contributed by atoms with van der Waals surface area (Å²) in [6.07, 6.45) is 1.68. The lowest BCUT2D eigenvalue weighted by Gasteiger charge is -2.35. The van der Waals surface area contributed by atoms with Crippen molar-refractivity contribution in [2.45, 2.75) is 32.1 Å². The standard InChI is InChI=1S/C61H48N2/c1-43-27-31-45(32-28-43)41-61(42-46-33-29-44(2)30-34-46)57-39-51(62(49-19-5-3-6-20-49)59-25-13-17-47-15-9-11-23-53(47)59)35-37-55(57)56-38-36-52(40-58(56)61)63(50-21-7-4-8-22-50)60-26-14-18-48-16-10-12-24-54(48)60/h3-40H,41-42H2,1-2H3. The Morgan fingerprint density at radius 3 is 1.14 bits per heavy atom. The molecule has 0 fully saturated rings. The lowest BCUT2D eigenvalue weighted by Crippen LogP contribution is -2.31. The van der Waals surface area contributed by atoms with Crippen LogP contribution in [0, 0.1) is 13.8 Å². The van der Waals surface area contributed by atoms with Gasteiger partial charge in [-0.2, -0.15) is 0 Å². The molecule has 0 amide bonds. The molecule has 11 rings (SSSR count). The number of aryl methyl sites for hydroxylation is 2. The van der Waals surface area contributed by atoms with Crippen molar-refractivity contribution in [1.29, 1.82) is 0 Å². The molecule has 1 aliphatic rings. The molecule has 10 aromatic carbocycles. The molecule has 0 bridgehead atoms. The Hall–Kier alpha value is -7.68. The highest BCUT2D eigenvalue weighted by atomic mass is 15.1. The summed E-state index contributed by atoms with van der Waals surface area (Å²) in [5, 5.41) is 4.88. The van der Waals surface area contributed by atoms with Gasteiger partial charge in [-0.25, -0.2) is 0 Å². The fourth-order valence-electron chi connectivity index (χ4n) is 10.1. The van der Waals surface area contributed by atoms with Gasteiger partial charge in [-0.3, -0.25) is 0 Å². The molecular weight excluding hydrogens is 761 g/mol. The number of hydrogen-bond donors (Lipinski definition) is 0. The van der Waals surface area contributed by atoms with Gasteiger partial charge >= 0.3 is 0 Å². The molecule has 0 saturated carbocycles. The predicted octanol–water partition coefficient (Wildman–Crippen LogP) is 16.3. The molecular formula is C61H48N2. The maximum absolute atomic E-state index is 2.52. The SMILES string of the molecule is Cc1ccc(CC2(Cc3ccc(C)cc3)c3cc(N(c4ccccc4)c4cccc5ccccc45)ccc3-c3ccc(N(c4ccccc4)c4cccc5ccccc45)cc32)cc1. The van der Waals surface area contributed by atoms with E-state index in [9.17, 15) is 0 Å². The molecule has 0 aromatic heterocycles. The van der Waals surface area contributed by atoms with Gasteiger partial charge in [0.2, 0.25) is 0 Å². The van der Waals surface area contributed by atoms with E-state index in [0.29, 0.717) is 0 Å². The predicted molar refractivity (Wildman–Crippen MR) is 267 cm³/mol. The Labute approximate surface area is 371 Å². The third-order valence-corrected chi connectivity index (χ3v) is 13.1. The molecule has 0 aliphatic heterocycles. The first-order valence-corrected chi connectivity index (χ1v) is 22.1. The van der Waals surface area contributed by atoms with Gasteiger partial charge in [0, 0.05) is 38.9 Å². The van der Waals surface area contributed by atoms with Crippen LogP contribution in [0.3, 0.4) is 0 Å². The second-order valence-electron chi connectivity index (χ2n) is 17.2. The van der Waals surface area contributed by atoms with Gasteiger partial charge in [0.25, 0.3) is 0 Å². The van der Waals surface area contributed by atoms with Crippen LogP contribution in [0.25, 0.3) is 32.7 Å². The first-order chi connectivity index (χ1) is 31.0. The number of anilines is 6. The van der Waals surface area contributed by atoms with Gasteiger partial charge in [-0.15, -0.1) is 0 Å². The lowest BCUT2D eigenvalue weighted by atomic mass is 9.69. The number of benzene rings is 10. The number of para-hydroxylation sites is 2. The maximum atomic E-state index is 2.52. The van der Waals surface area contributed by atoms with Crippen LogP contribution in [-0.4, -0.2) is 0 Å². The van der Waals surface area contributed by atoms with E-state index in [1.807, 2.05) is 0 Å². The monoisotopic (exact) mass is 808 g/mol. The molecule has 0 spiro atoms. The van der Waals surface area contributed by atoms with E-state index in [1.165, 1.54) is 66.1 Å². The third-order valence-electron chi connectivity index (χ3n) is 13.1. The molecule has 2 heteroatoms. The lowest BCUT2D eigenvalue weighted by molar-refractivity contribution is 0.520. The summed E-state index contributed by atoms with van der Waals surface area (Å²) in [5.41, 5.74) is 16.9. The molecule has 2 nitrogen and oxygen atoms in total. The fourth-order valence-corrected chi connectivity index (χ4v) is 10.1. The van der Waals surface area contributed by atoms with Gasteiger partial charge < -0.3 is 9.80 Å². The van der Waals surface area contributed by atoms with Gasteiger partial charge in [-0.1, -0.05) is 181 Å². The van der Waals surface area contributed by atoms with Gasteiger partial charge in [0.1, 0.15) is 0 Å². The highest BCUT2D eigenvalue weighted by molar-refractivity contribution is 6.01. The van der Waals surface area contributed by atoms with Crippen LogP contribution < -0.4 is 9.80 Å². The van der Waals surface area contributed by atoms with E-state index < -0.39 is 5.41 Å². The molecule has 0 heterocycles. The van der Waals surface area contributed by atoms with Crippen molar-refractivity contribution in [3.8, 4) is 11.1 Å². The molecule has 1 aliphatic carbocycles. The average Bonchev–Trinajstić information content (AvgIpc) is 3.59. The Bertz CT molecular complexity index is 3010. The van der Waals surface area contributed by atoms with Crippen LogP contribution in [0.2, 0.25) is 0 Å². The van der Waals surface area contributed by atoms with Crippen LogP contribution >= 0.6 is 0 Å². The van der Waals surface area contributed by atoms with Crippen LogP contribution in [0.5, 0.6) is 0 Å². The van der Waals surface area contributed by atoms with Crippen LogP contribution in [-0.2, 0) is 18.3 Å². The molecule has 302 valence electrons. The average molecular weight is 809 g/mol. The Morgan fingerprint density at radius 2 is 0.714 bits per heavy atom. The molecule has 63 heavy (non-hydrogen) atoms. The first kappa shape index (κ1) is 38.3. The van der Waals surface area contributed by atoms with E-state index in [1.54, 1.807) is 0 Å². The van der Waals surface area contributed by atoms with Crippen LogP contribution in [0.1, 0.15) is 33.4 Å². The van der Waals surface area contributed by atoms with E-state index in [0.717, 1.165) is 47.0 Å². The zero-order valence-electron chi connectivity index (χ0n) is 35.7. The maximum Gasteiger partial charge on any atom is 0.0540 e. The molecule has 0 unspecified atom stereocenters. The Kier molecular flexibility index (Phi) is 9.70. The van der Waals surface area contributed by atoms with Crippen molar-refractivity contribution in [3.63, 3.8) is 0 Å². The summed E-state index contributed by atoms with van der Waals surface area (Å²) in [6.45, 7) is 4.36. The third kappa shape index (κ3) is 6.95. The quantitative estimate of drug-likeness (QED) is 0.136. The van der Waals surface area contributed by atoms with Gasteiger partial charge in [0.15, 0.2) is 0 Å². The van der Waals surface area contributed by atoms with E-state index in [2.05, 4.69) is 254 Å². The summed E-state index contributed by atoms with van der Waals surface area (Å²) >= 11 is 0. The molecule has 0 atom stereocenters. The van der Waals surface area contributed by atoms with Crippen molar-refractivity contribution >= 4 is 55.7 Å². The fraction of sp³-hybridized carbons (Fsp3) is 0.0820. The molecule has 0 radical (unpaired) electrons. The summed E-state index contributed by atoms with van der Waals surface area (Å²) < 4.78 is 0. The largest absolute Gasteiger partial charge is 0.310 e. The second-order valence-corrected chi connectivity index (χ2v) is 17.2. The van der Waals surface area contributed by atoms with Gasteiger partial charge in [0.05, 0.1) is 11.4 Å². The number of fused-ring (bicyclic) bond motifs is 5. The number of nitrogens with zero attached hydrogens (tertiary/aromatic N) is 2. The summed E-state index contributed by atoms with van der Waals surface area (Å²) in [7, 11) is 0. The topological polar surface area (TPSA) is 6.48 Å². The summed E-state index contributed by atoms with van der Waals surface area (Å²) in [6, 6.07) is 85.5. The molecule has 0 saturated heterocycles. The summed E-state index contributed by atoms with van der Waals surface area (Å²) in [5.74, 6) is 0. The zero-order chi connectivity index (χ0) is 42.3. The molecule has 0 N–H and O–H groups in total. The minimum atomic E-state index is -0.413. The highest BCUT2D eigenvalue weighted by Gasteiger charge is 2.44. The smallest absolute Gasteiger partial charge is 0.0540 e. The van der Waals surface area contributed by atoms with Gasteiger partial charge in [-0.05, 0) is 132 Å². The van der Waals surface area contributed by atoms with Crippen molar-refractivity contribution in [2.75, 3.05) is 9.80 Å². The van der Waals surface area contributed by atoms with Crippen molar-refractivity contribution in [1.82, 2.24) is 0 Å². The van der Waals surface area contributed by atoms with Crippen molar-refractivity contribution in [2.24, 2.45) is 0 Å². The van der Waals surface area contributed by atoms with Crippen LogP contribution in [0.15, 0.2) is 231 Å². The number of rotatable bonds is 10. The van der Waals surface area contributed by atoms with E-state index in [4.69, 9.17) is 0 Å². The molecule has 10 aromatic rings. The highest BCUT2D eigenvalue weighted by Crippen LogP contribution is 2.56. The Morgan fingerprint density at radius 1 is 0.333 bits per heavy atom. The van der Waals surface area contributed by atoms with Crippen molar-refractivity contribution in [3.05, 3.63) is 264 Å². The van der Waals surface area contributed by atoms with E-state index in [-0.39, 0.29) is 0 Å². The van der Waals surface area contributed by atoms with Crippen molar-refractivity contribution < 1.29 is 0 Å². The minimum Gasteiger partial charge on any atom is -0.310 e. The first-order valence-electron chi connectivity index (χ1n) is 22.1. The minimum absolute atomic E-state index is 0.413. The normalized spacial score (nSPS) is 12.5. The summed E-state index contributed by atoms with van der Waals surface area (Å²) in [4.78, 5) is 4.91. The van der Waals surface area contributed by atoms with Crippen LogP contribution in [0.4, 0.5) is 34.1 Å². The zero-order valence-corrected chi connectivity index (χ0v) is 35.7. The number of hydrogen-bond acceptors (Lipinski definition) is 2. The second kappa shape index (κ2) is 16.0. The Balaban J connectivity index is 1.18.